The highest BCUT2D eigenvalue weighted by Gasteiger charge is 2.31. The number of anilines is 2. The quantitative estimate of drug-likeness (QED) is 0.796. The highest BCUT2D eigenvalue weighted by molar-refractivity contribution is 5.91. The van der Waals surface area contributed by atoms with Gasteiger partial charge >= 0.3 is 0 Å². The second-order valence-electron chi connectivity index (χ2n) is 8.59. The Balaban J connectivity index is 1.48. The van der Waals surface area contributed by atoms with E-state index < -0.39 is 0 Å². The summed E-state index contributed by atoms with van der Waals surface area (Å²) in [7, 11) is 0. The molecule has 2 aromatic heterocycles. The van der Waals surface area contributed by atoms with Crippen molar-refractivity contribution >= 4 is 17.7 Å². The van der Waals surface area contributed by atoms with Gasteiger partial charge in [0.1, 0.15) is 5.82 Å². The molecule has 0 atom stereocenters. The largest absolute Gasteiger partial charge is 0.459 e. The van der Waals surface area contributed by atoms with Crippen LogP contribution in [-0.2, 0) is 13.0 Å². The fraction of sp³-hybridized carbons (Fsp3) is 0.591. The van der Waals surface area contributed by atoms with Crippen molar-refractivity contribution in [3.63, 3.8) is 0 Å². The third-order valence-electron chi connectivity index (χ3n) is 6.52. The molecular formula is C22H29N5O2. The van der Waals surface area contributed by atoms with Gasteiger partial charge in [-0.15, -0.1) is 0 Å². The van der Waals surface area contributed by atoms with Crippen LogP contribution in [0.2, 0.25) is 0 Å². The summed E-state index contributed by atoms with van der Waals surface area (Å²) in [6.07, 6.45) is 7.11. The van der Waals surface area contributed by atoms with Gasteiger partial charge in [-0.2, -0.15) is 4.98 Å². The van der Waals surface area contributed by atoms with Crippen LogP contribution in [0.5, 0.6) is 0 Å². The minimum Gasteiger partial charge on any atom is -0.459 e. The zero-order chi connectivity index (χ0) is 19.8. The van der Waals surface area contributed by atoms with Crippen molar-refractivity contribution in [1.29, 1.82) is 0 Å². The van der Waals surface area contributed by atoms with E-state index in [1.807, 2.05) is 4.90 Å². The van der Waals surface area contributed by atoms with Gasteiger partial charge in [0.2, 0.25) is 5.95 Å². The van der Waals surface area contributed by atoms with Crippen LogP contribution in [-0.4, -0.2) is 53.5 Å². The average molecular weight is 396 g/mol. The first-order chi connectivity index (χ1) is 14.2. The van der Waals surface area contributed by atoms with Gasteiger partial charge in [0, 0.05) is 44.7 Å². The number of aromatic nitrogens is 2. The van der Waals surface area contributed by atoms with E-state index >= 15 is 0 Å². The molecule has 0 aliphatic carbocycles. The number of amides is 1. The summed E-state index contributed by atoms with van der Waals surface area (Å²) in [6, 6.07) is 3.49. The van der Waals surface area contributed by atoms with Gasteiger partial charge in [-0.05, 0) is 43.7 Å². The van der Waals surface area contributed by atoms with Crippen molar-refractivity contribution in [2.24, 2.45) is 5.92 Å². The van der Waals surface area contributed by atoms with Crippen molar-refractivity contribution in [2.75, 3.05) is 42.5 Å². The maximum Gasteiger partial charge on any atom is 0.289 e. The summed E-state index contributed by atoms with van der Waals surface area (Å²) < 4.78 is 5.34. The lowest BCUT2D eigenvalue weighted by atomic mass is 9.98. The first-order valence-electron chi connectivity index (χ1n) is 10.9. The molecule has 154 valence electrons. The Morgan fingerprint density at radius 1 is 1.07 bits per heavy atom. The maximum atomic E-state index is 12.8. The van der Waals surface area contributed by atoms with Gasteiger partial charge in [0.15, 0.2) is 5.76 Å². The summed E-state index contributed by atoms with van der Waals surface area (Å²) in [6.45, 7) is 7.67. The first-order valence-corrected chi connectivity index (χ1v) is 10.9. The van der Waals surface area contributed by atoms with Crippen LogP contribution in [0.15, 0.2) is 22.8 Å². The van der Waals surface area contributed by atoms with Crippen molar-refractivity contribution in [2.45, 2.75) is 45.6 Å². The summed E-state index contributed by atoms with van der Waals surface area (Å²) >= 11 is 0. The number of rotatable bonds is 3. The number of hydrogen-bond donors (Lipinski definition) is 0. The molecule has 2 fully saturated rings. The van der Waals surface area contributed by atoms with Gasteiger partial charge in [-0.25, -0.2) is 4.98 Å². The molecule has 7 heteroatoms. The second kappa shape index (κ2) is 7.69. The predicted molar refractivity (Wildman–Crippen MR) is 111 cm³/mol. The summed E-state index contributed by atoms with van der Waals surface area (Å²) in [5.41, 5.74) is 2.23. The SMILES string of the molecule is CC1CCN(c2nc(N3CCCC3)nc3c2CN(C(=O)c2ccco2)CC3)CC1. The van der Waals surface area contributed by atoms with Crippen molar-refractivity contribution in [3.05, 3.63) is 35.4 Å². The zero-order valence-electron chi connectivity index (χ0n) is 17.1. The molecule has 0 spiro atoms. The molecule has 1 amide bonds. The lowest BCUT2D eigenvalue weighted by Crippen LogP contribution is -2.40. The van der Waals surface area contributed by atoms with E-state index in [9.17, 15) is 4.79 Å². The Morgan fingerprint density at radius 3 is 2.59 bits per heavy atom. The molecule has 0 N–H and O–H groups in total. The van der Waals surface area contributed by atoms with Gasteiger partial charge in [0.05, 0.1) is 18.5 Å². The molecule has 0 saturated carbocycles. The first kappa shape index (κ1) is 18.5. The van der Waals surface area contributed by atoms with Crippen molar-refractivity contribution in [1.82, 2.24) is 14.9 Å². The molecule has 0 unspecified atom stereocenters. The van der Waals surface area contributed by atoms with E-state index in [1.54, 1.807) is 18.4 Å². The molecule has 0 bridgehead atoms. The number of furan rings is 1. The standard InChI is InChI=1S/C22H29N5O2/c1-16-6-11-25(12-7-16)20-17-15-27(21(28)19-5-4-14-29-19)13-8-18(17)23-22(24-20)26-9-2-3-10-26/h4-5,14,16H,2-3,6-13,15H2,1H3. The minimum absolute atomic E-state index is 0.0533. The lowest BCUT2D eigenvalue weighted by Gasteiger charge is -2.36. The van der Waals surface area contributed by atoms with Gasteiger partial charge < -0.3 is 19.1 Å². The van der Waals surface area contributed by atoms with E-state index in [2.05, 4.69) is 16.7 Å². The van der Waals surface area contributed by atoms with E-state index in [1.165, 1.54) is 25.7 Å². The molecule has 3 aliphatic rings. The zero-order valence-corrected chi connectivity index (χ0v) is 17.1. The molecule has 0 radical (unpaired) electrons. The van der Waals surface area contributed by atoms with Crippen molar-refractivity contribution < 1.29 is 9.21 Å². The third-order valence-corrected chi connectivity index (χ3v) is 6.52. The smallest absolute Gasteiger partial charge is 0.289 e. The van der Waals surface area contributed by atoms with Crippen LogP contribution >= 0.6 is 0 Å². The second-order valence-corrected chi connectivity index (χ2v) is 8.59. The fourth-order valence-electron chi connectivity index (χ4n) is 4.65. The minimum atomic E-state index is -0.0533. The van der Waals surface area contributed by atoms with Crippen LogP contribution in [0.4, 0.5) is 11.8 Å². The molecule has 5 rings (SSSR count). The van der Waals surface area contributed by atoms with Crippen LogP contribution < -0.4 is 9.80 Å². The fourth-order valence-corrected chi connectivity index (χ4v) is 4.65. The van der Waals surface area contributed by atoms with Gasteiger partial charge in [0.25, 0.3) is 5.91 Å². The van der Waals surface area contributed by atoms with Gasteiger partial charge in [-0.1, -0.05) is 6.92 Å². The highest BCUT2D eigenvalue weighted by Crippen LogP contribution is 2.32. The Hall–Kier alpha value is -2.57. The van der Waals surface area contributed by atoms with Crippen LogP contribution in [0, 0.1) is 5.92 Å². The average Bonchev–Trinajstić information content (AvgIpc) is 3.47. The van der Waals surface area contributed by atoms with Crippen LogP contribution in [0.1, 0.15) is 54.4 Å². The van der Waals surface area contributed by atoms with E-state index in [0.717, 1.165) is 61.5 Å². The highest BCUT2D eigenvalue weighted by atomic mass is 16.3. The Labute approximate surface area is 171 Å². The maximum absolute atomic E-state index is 12.8. The number of carbonyl (C=O) groups is 1. The van der Waals surface area contributed by atoms with E-state index in [4.69, 9.17) is 14.4 Å². The molecule has 5 heterocycles. The summed E-state index contributed by atoms with van der Waals surface area (Å²) in [5, 5.41) is 0. The topological polar surface area (TPSA) is 65.7 Å². The van der Waals surface area contributed by atoms with Gasteiger partial charge in [-0.3, -0.25) is 4.79 Å². The van der Waals surface area contributed by atoms with Crippen LogP contribution in [0.3, 0.4) is 0 Å². The van der Waals surface area contributed by atoms with Crippen molar-refractivity contribution in [3.8, 4) is 0 Å². The Kier molecular flexibility index (Phi) is 4.89. The lowest BCUT2D eigenvalue weighted by molar-refractivity contribution is 0.0701. The number of piperidine rings is 1. The molecule has 3 aliphatic heterocycles. The summed E-state index contributed by atoms with van der Waals surface area (Å²) in [5.74, 6) is 3.03. The normalized spacial score (nSPS) is 20.2. The predicted octanol–water partition coefficient (Wildman–Crippen LogP) is 3.10. The number of fused-ring (bicyclic) bond motifs is 1. The third kappa shape index (κ3) is 3.58. The summed E-state index contributed by atoms with van der Waals surface area (Å²) in [4.78, 5) is 29.5. The van der Waals surface area contributed by atoms with E-state index in [-0.39, 0.29) is 5.91 Å². The van der Waals surface area contributed by atoms with E-state index in [0.29, 0.717) is 18.8 Å². The van der Waals surface area contributed by atoms with Crippen LogP contribution in [0.25, 0.3) is 0 Å². The number of carbonyl (C=O) groups excluding carboxylic acids is 1. The molecule has 2 aromatic rings. The monoisotopic (exact) mass is 395 g/mol. The molecule has 0 aromatic carbocycles. The number of nitrogens with zero attached hydrogens (tertiary/aromatic N) is 5. The Morgan fingerprint density at radius 2 is 1.86 bits per heavy atom. The number of hydrogen-bond acceptors (Lipinski definition) is 6. The molecular weight excluding hydrogens is 366 g/mol. The Bertz CT molecular complexity index is 868. The molecule has 2 saturated heterocycles. The molecule has 7 nitrogen and oxygen atoms in total. The molecule has 29 heavy (non-hydrogen) atoms.